The average Bonchev–Trinajstić information content (AvgIpc) is 2.09. The van der Waals surface area contributed by atoms with E-state index in [-0.39, 0.29) is 11.2 Å². The highest BCUT2D eigenvalue weighted by Gasteiger charge is 2.34. The van der Waals surface area contributed by atoms with Gasteiger partial charge >= 0.3 is 0 Å². The molecule has 1 saturated heterocycles. The quantitative estimate of drug-likeness (QED) is 0.692. The lowest BCUT2D eigenvalue weighted by molar-refractivity contribution is -0.0965. The number of ether oxygens (including phenoxy) is 1. The van der Waals surface area contributed by atoms with Crippen LogP contribution in [-0.2, 0) is 14.8 Å². The molecule has 1 aliphatic heterocycles. The van der Waals surface area contributed by atoms with Gasteiger partial charge in [0.15, 0.2) is 0 Å². The van der Waals surface area contributed by atoms with Crippen molar-refractivity contribution in [2.75, 3.05) is 31.4 Å². The Kier molecular flexibility index (Phi) is 4.18. The second-order valence-electron chi connectivity index (χ2n) is 3.99. The molecule has 0 radical (unpaired) electrons. The smallest absolute Gasteiger partial charge is 0.211 e. The lowest BCUT2D eigenvalue weighted by Crippen LogP contribution is -2.48. The number of sulfonamides is 1. The van der Waals surface area contributed by atoms with Gasteiger partial charge in [0, 0.05) is 17.8 Å². The molecule has 4 nitrogen and oxygen atoms in total. The lowest BCUT2D eigenvalue weighted by Gasteiger charge is -2.37. The molecule has 84 valence electrons. The monoisotopic (exact) mass is 241 g/mol. The minimum Gasteiger partial charge on any atom is -0.380 e. The van der Waals surface area contributed by atoms with Gasteiger partial charge in [-0.15, -0.1) is 11.6 Å². The van der Waals surface area contributed by atoms with Gasteiger partial charge in [0.2, 0.25) is 10.0 Å². The first-order valence-corrected chi connectivity index (χ1v) is 6.77. The second-order valence-corrected chi connectivity index (χ2v) is 6.29. The number of hydrogen-bond donors (Lipinski definition) is 1. The van der Waals surface area contributed by atoms with Gasteiger partial charge in [-0.05, 0) is 6.42 Å². The highest BCUT2D eigenvalue weighted by atomic mass is 35.5. The standard InChI is InChI=1S/C8H16ClNO3S/c1-8(6-13-7-8)5-10-14(11,12)4-2-3-9/h10H,2-7H2,1H3. The summed E-state index contributed by atoms with van der Waals surface area (Å²) in [5, 5.41) is 0. The van der Waals surface area contributed by atoms with E-state index >= 15 is 0 Å². The molecule has 0 unspecified atom stereocenters. The van der Waals surface area contributed by atoms with Crippen molar-refractivity contribution in [3.8, 4) is 0 Å². The van der Waals surface area contributed by atoms with Crippen molar-refractivity contribution in [3.63, 3.8) is 0 Å². The van der Waals surface area contributed by atoms with E-state index in [1.165, 1.54) is 0 Å². The molecule has 1 N–H and O–H groups in total. The summed E-state index contributed by atoms with van der Waals surface area (Å²) in [6.07, 6.45) is 0.490. The van der Waals surface area contributed by atoms with Crippen molar-refractivity contribution < 1.29 is 13.2 Å². The van der Waals surface area contributed by atoms with Crippen LogP contribution in [0.3, 0.4) is 0 Å². The molecule has 1 aliphatic rings. The van der Waals surface area contributed by atoms with Crippen molar-refractivity contribution in [2.24, 2.45) is 5.41 Å². The molecule has 0 aliphatic carbocycles. The fourth-order valence-electron chi connectivity index (χ4n) is 1.15. The van der Waals surface area contributed by atoms with E-state index in [1.807, 2.05) is 6.92 Å². The molecule has 1 fully saturated rings. The fraction of sp³-hybridized carbons (Fsp3) is 1.00. The van der Waals surface area contributed by atoms with Crippen LogP contribution in [-0.4, -0.2) is 39.8 Å². The van der Waals surface area contributed by atoms with Crippen LogP contribution >= 0.6 is 11.6 Å². The molecular weight excluding hydrogens is 226 g/mol. The Morgan fingerprint density at radius 1 is 1.50 bits per heavy atom. The fourth-order valence-corrected chi connectivity index (χ4v) is 2.68. The van der Waals surface area contributed by atoms with Gasteiger partial charge in [0.1, 0.15) is 0 Å². The van der Waals surface area contributed by atoms with Crippen molar-refractivity contribution in [1.82, 2.24) is 4.72 Å². The van der Waals surface area contributed by atoms with E-state index in [0.29, 0.717) is 32.1 Å². The Morgan fingerprint density at radius 2 is 2.14 bits per heavy atom. The zero-order valence-electron chi connectivity index (χ0n) is 8.25. The number of alkyl halides is 1. The average molecular weight is 242 g/mol. The highest BCUT2D eigenvalue weighted by molar-refractivity contribution is 7.89. The summed E-state index contributed by atoms with van der Waals surface area (Å²) in [7, 11) is -3.14. The maximum atomic E-state index is 11.4. The first-order valence-electron chi connectivity index (χ1n) is 4.58. The molecular formula is C8H16ClNO3S. The zero-order valence-corrected chi connectivity index (χ0v) is 9.83. The third-order valence-electron chi connectivity index (χ3n) is 2.17. The van der Waals surface area contributed by atoms with Crippen LogP contribution in [0, 0.1) is 5.41 Å². The van der Waals surface area contributed by atoms with E-state index in [0.717, 1.165) is 0 Å². The summed E-state index contributed by atoms with van der Waals surface area (Å²) in [6, 6.07) is 0. The minimum atomic E-state index is -3.14. The van der Waals surface area contributed by atoms with Crippen molar-refractivity contribution in [1.29, 1.82) is 0 Å². The van der Waals surface area contributed by atoms with Crippen LogP contribution in [0.25, 0.3) is 0 Å². The van der Waals surface area contributed by atoms with Gasteiger partial charge in [0.05, 0.1) is 19.0 Å². The van der Waals surface area contributed by atoms with E-state index in [4.69, 9.17) is 16.3 Å². The molecule has 6 heteroatoms. The van der Waals surface area contributed by atoms with Crippen LogP contribution in [0.4, 0.5) is 0 Å². The van der Waals surface area contributed by atoms with Gasteiger partial charge < -0.3 is 4.74 Å². The maximum Gasteiger partial charge on any atom is 0.211 e. The number of nitrogens with one attached hydrogen (secondary N) is 1. The Hall–Kier alpha value is 0.160. The predicted molar refractivity (Wildman–Crippen MR) is 56.1 cm³/mol. The molecule has 0 aromatic carbocycles. The summed E-state index contributed by atoms with van der Waals surface area (Å²) in [6.45, 7) is 3.72. The van der Waals surface area contributed by atoms with E-state index in [2.05, 4.69) is 4.72 Å². The summed E-state index contributed by atoms with van der Waals surface area (Å²) < 4.78 is 30.3. The van der Waals surface area contributed by atoms with Gasteiger partial charge in [-0.1, -0.05) is 6.92 Å². The largest absolute Gasteiger partial charge is 0.380 e. The molecule has 0 aromatic rings. The van der Waals surface area contributed by atoms with Gasteiger partial charge in [0.25, 0.3) is 0 Å². The normalized spacial score (nSPS) is 20.4. The molecule has 1 rings (SSSR count). The lowest BCUT2D eigenvalue weighted by atomic mass is 9.89. The number of rotatable bonds is 6. The third kappa shape index (κ3) is 3.73. The summed E-state index contributed by atoms with van der Waals surface area (Å²) >= 11 is 5.42. The molecule has 0 saturated carbocycles. The first-order chi connectivity index (χ1) is 6.47. The maximum absolute atomic E-state index is 11.4. The molecule has 1 heterocycles. The summed E-state index contributed by atoms with van der Waals surface area (Å²) in [5.74, 6) is 0.481. The van der Waals surface area contributed by atoms with Crippen LogP contribution < -0.4 is 4.72 Å². The van der Waals surface area contributed by atoms with Gasteiger partial charge in [-0.25, -0.2) is 13.1 Å². The molecule has 0 bridgehead atoms. The minimum absolute atomic E-state index is 0.0198. The summed E-state index contributed by atoms with van der Waals surface area (Å²) in [4.78, 5) is 0. The predicted octanol–water partition coefficient (Wildman–Crippen LogP) is 0.571. The van der Waals surface area contributed by atoms with Crippen LogP contribution in [0.2, 0.25) is 0 Å². The molecule has 0 amide bonds. The Labute approximate surface area is 90.0 Å². The molecule has 0 atom stereocenters. The van der Waals surface area contributed by atoms with E-state index < -0.39 is 10.0 Å². The van der Waals surface area contributed by atoms with Crippen LogP contribution in [0.15, 0.2) is 0 Å². The van der Waals surface area contributed by atoms with Gasteiger partial charge in [-0.2, -0.15) is 0 Å². The number of halogens is 1. The highest BCUT2D eigenvalue weighted by Crippen LogP contribution is 2.25. The SMILES string of the molecule is CC1(CNS(=O)(=O)CCCCl)COC1. The van der Waals surface area contributed by atoms with Gasteiger partial charge in [-0.3, -0.25) is 0 Å². The molecule has 0 spiro atoms. The van der Waals surface area contributed by atoms with E-state index in [9.17, 15) is 8.42 Å². The zero-order chi connectivity index (χ0) is 10.7. The topological polar surface area (TPSA) is 55.4 Å². The third-order valence-corrected chi connectivity index (χ3v) is 3.84. The Bertz CT molecular complexity index is 274. The molecule has 14 heavy (non-hydrogen) atoms. The Balaban J connectivity index is 2.28. The second kappa shape index (κ2) is 4.79. The Morgan fingerprint density at radius 3 is 2.57 bits per heavy atom. The van der Waals surface area contributed by atoms with Crippen LogP contribution in [0.1, 0.15) is 13.3 Å². The summed E-state index contributed by atoms with van der Waals surface area (Å²) in [5.41, 5.74) is -0.0198. The van der Waals surface area contributed by atoms with Crippen LogP contribution in [0.5, 0.6) is 0 Å². The van der Waals surface area contributed by atoms with Crippen molar-refractivity contribution >= 4 is 21.6 Å². The van der Waals surface area contributed by atoms with E-state index in [1.54, 1.807) is 0 Å². The van der Waals surface area contributed by atoms with Crippen molar-refractivity contribution in [3.05, 3.63) is 0 Å². The van der Waals surface area contributed by atoms with Crippen molar-refractivity contribution in [2.45, 2.75) is 13.3 Å². The molecule has 0 aromatic heterocycles. The number of hydrogen-bond acceptors (Lipinski definition) is 3. The first kappa shape index (κ1) is 12.2.